The Morgan fingerprint density at radius 3 is 2.55 bits per heavy atom. The van der Waals surface area contributed by atoms with Gasteiger partial charge in [-0.3, -0.25) is 9.59 Å². The van der Waals surface area contributed by atoms with Gasteiger partial charge in [0.1, 0.15) is 9.88 Å². The highest BCUT2D eigenvalue weighted by atomic mass is 32.1. The van der Waals surface area contributed by atoms with Gasteiger partial charge in [-0.1, -0.05) is 29.8 Å². The molecular weight excluding hydrogens is 422 g/mol. The predicted molar refractivity (Wildman–Crippen MR) is 115 cm³/mol. The minimum Gasteiger partial charge on any atom is -0.469 e. The number of ether oxygens (including phenoxy) is 1. The molecule has 0 saturated carbocycles. The van der Waals surface area contributed by atoms with E-state index < -0.39 is 17.6 Å². The van der Waals surface area contributed by atoms with Gasteiger partial charge >= 0.3 is 5.97 Å². The van der Waals surface area contributed by atoms with E-state index >= 15 is 0 Å². The maximum Gasteiger partial charge on any atom is 0.307 e. The summed E-state index contributed by atoms with van der Waals surface area (Å²) in [5.74, 6) is -2.77. The molecule has 0 atom stereocenters. The van der Waals surface area contributed by atoms with Gasteiger partial charge < -0.3 is 9.64 Å². The Morgan fingerprint density at radius 2 is 1.87 bits per heavy atom. The molecule has 0 spiro atoms. The third-order valence-electron chi connectivity index (χ3n) is 4.79. The number of methoxy groups -OCH3 is 1. The largest absolute Gasteiger partial charge is 0.469 e. The molecule has 31 heavy (non-hydrogen) atoms. The van der Waals surface area contributed by atoms with Crippen molar-refractivity contribution in [3.05, 3.63) is 75.8 Å². The molecule has 0 unspecified atom stereocenters. The second-order valence-corrected chi connectivity index (χ2v) is 8.18. The number of amides is 1. The van der Waals surface area contributed by atoms with Crippen LogP contribution in [0.4, 0.5) is 8.78 Å². The van der Waals surface area contributed by atoms with Gasteiger partial charge in [0.15, 0.2) is 11.6 Å². The van der Waals surface area contributed by atoms with Crippen LogP contribution in [0, 0.1) is 25.5 Å². The van der Waals surface area contributed by atoms with E-state index in [1.807, 2.05) is 32.0 Å². The van der Waals surface area contributed by atoms with Gasteiger partial charge in [-0.25, -0.2) is 13.8 Å². The fourth-order valence-electron chi connectivity index (χ4n) is 3.15. The summed E-state index contributed by atoms with van der Waals surface area (Å²) in [6.45, 7) is 4.08. The van der Waals surface area contributed by atoms with Crippen LogP contribution in [-0.4, -0.2) is 35.4 Å². The molecule has 5 nitrogen and oxygen atoms in total. The van der Waals surface area contributed by atoms with Gasteiger partial charge in [0.25, 0.3) is 5.91 Å². The zero-order valence-electron chi connectivity index (χ0n) is 17.4. The van der Waals surface area contributed by atoms with Gasteiger partial charge in [-0.2, -0.15) is 0 Å². The van der Waals surface area contributed by atoms with E-state index in [1.54, 1.807) is 0 Å². The Kier molecular flexibility index (Phi) is 7.12. The van der Waals surface area contributed by atoms with Crippen LogP contribution >= 0.6 is 11.3 Å². The Hall–Kier alpha value is -3.13. The molecule has 1 heterocycles. The van der Waals surface area contributed by atoms with Crippen LogP contribution in [0.3, 0.4) is 0 Å². The Morgan fingerprint density at radius 1 is 1.10 bits per heavy atom. The van der Waals surface area contributed by atoms with Crippen molar-refractivity contribution in [3.63, 3.8) is 0 Å². The van der Waals surface area contributed by atoms with Crippen LogP contribution in [0.1, 0.15) is 32.8 Å². The number of nitrogens with zero attached hydrogens (tertiary/aromatic N) is 2. The third-order valence-corrected chi connectivity index (χ3v) is 5.81. The highest BCUT2D eigenvalue weighted by Gasteiger charge is 2.21. The van der Waals surface area contributed by atoms with Gasteiger partial charge in [0.05, 0.1) is 19.7 Å². The predicted octanol–water partition coefficient (Wildman–Crippen LogP) is 4.91. The number of aromatic nitrogens is 1. The summed E-state index contributed by atoms with van der Waals surface area (Å²) in [5, 5.41) is 0.710. The van der Waals surface area contributed by atoms with E-state index in [2.05, 4.69) is 9.72 Å². The van der Waals surface area contributed by atoms with Crippen molar-refractivity contribution in [3.8, 4) is 10.6 Å². The molecule has 0 bridgehead atoms. The van der Waals surface area contributed by atoms with E-state index in [1.165, 1.54) is 35.6 Å². The lowest BCUT2D eigenvalue weighted by atomic mass is 10.1. The molecular formula is C23H22F2N2O3S. The average Bonchev–Trinajstić information content (AvgIpc) is 3.22. The molecule has 3 rings (SSSR count). The highest BCUT2D eigenvalue weighted by molar-refractivity contribution is 7.16. The number of benzene rings is 2. The van der Waals surface area contributed by atoms with E-state index in [4.69, 9.17) is 0 Å². The summed E-state index contributed by atoms with van der Waals surface area (Å²) in [6.07, 6.45) is 1.48. The SMILES string of the molecule is COC(=O)CCN(Cc1ccc(F)c(F)c1)C(=O)c1cnc(-c2ccc(C)cc2C)s1. The number of rotatable bonds is 7. The second kappa shape index (κ2) is 9.78. The summed E-state index contributed by atoms with van der Waals surface area (Å²) in [6, 6.07) is 9.46. The number of hydrogen-bond acceptors (Lipinski definition) is 5. The zero-order valence-corrected chi connectivity index (χ0v) is 18.3. The molecule has 8 heteroatoms. The molecule has 0 saturated heterocycles. The molecule has 0 aliphatic rings. The maximum atomic E-state index is 13.6. The lowest BCUT2D eigenvalue weighted by molar-refractivity contribution is -0.140. The highest BCUT2D eigenvalue weighted by Crippen LogP contribution is 2.29. The monoisotopic (exact) mass is 444 g/mol. The molecule has 1 aromatic heterocycles. The number of esters is 1. The minimum absolute atomic E-state index is 0.0177. The van der Waals surface area contributed by atoms with E-state index in [-0.39, 0.29) is 25.4 Å². The Bertz CT molecular complexity index is 1110. The van der Waals surface area contributed by atoms with Crippen molar-refractivity contribution in [1.29, 1.82) is 0 Å². The summed E-state index contributed by atoms with van der Waals surface area (Å²) < 4.78 is 31.5. The number of hydrogen-bond donors (Lipinski definition) is 0. The summed E-state index contributed by atoms with van der Waals surface area (Å²) in [5.41, 5.74) is 3.54. The molecule has 3 aromatic rings. The van der Waals surface area contributed by atoms with Crippen LogP contribution in [0.15, 0.2) is 42.6 Å². The van der Waals surface area contributed by atoms with E-state index in [0.717, 1.165) is 28.8 Å². The zero-order chi connectivity index (χ0) is 22.5. The molecule has 0 radical (unpaired) electrons. The van der Waals surface area contributed by atoms with Crippen LogP contribution in [0.25, 0.3) is 10.6 Å². The van der Waals surface area contributed by atoms with Gasteiger partial charge in [-0.15, -0.1) is 11.3 Å². The number of carbonyl (C=O) groups excluding carboxylic acids is 2. The number of halogens is 2. The minimum atomic E-state index is -0.993. The average molecular weight is 445 g/mol. The fourth-order valence-corrected chi connectivity index (χ4v) is 4.12. The van der Waals surface area contributed by atoms with E-state index in [9.17, 15) is 18.4 Å². The fraction of sp³-hybridized carbons (Fsp3) is 0.261. The molecule has 162 valence electrons. The third kappa shape index (κ3) is 5.52. The molecule has 0 fully saturated rings. The van der Waals surface area contributed by atoms with Crippen LogP contribution in [-0.2, 0) is 16.1 Å². The van der Waals surface area contributed by atoms with E-state index in [0.29, 0.717) is 15.4 Å². The first-order valence-corrected chi connectivity index (χ1v) is 10.4. The number of carbonyl (C=O) groups is 2. The summed E-state index contributed by atoms with van der Waals surface area (Å²) >= 11 is 1.25. The maximum absolute atomic E-state index is 13.6. The van der Waals surface area contributed by atoms with Gasteiger partial charge in [0, 0.05) is 18.7 Å². The van der Waals surface area contributed by atoms with Crippen molar-refractivity contribution in [2.75, 3.05) is 13.7 Å². The van der Waals surface area contributed by atoms with Crippen molar-refractivity contribution in [1.82, 2.24) is 9.88 Å². The first kappa shape index (κ1) is 22.6. The van der Waals surface area contributed by atoms with Crippen LogP contribution in [0.5, 0.6) is 0 Å². The van der Waals surface area contributed by atoms with Gasteiger partial charge in [-0.05, 0) is 37.1 Å². The summed E-state index contributed by atoms with van der Waals surface area (Å²) in [4.78, 5) is 31.0. The standard InChI is InChI=1S/C23H22F2N2O3S/c1-14-4-6-17(15(2)10-14)22-26-12-20(31-22)23(29)27(9-8-21(28)30-3)13-16-5-7-18(24)19(25)11-16/h4-7,10-12H,8-9,13H2,1-3H3. The van der Waals surface area contributed by atoms with Crippen molar-refractivity contribution in [2.24, 2.45) is 0 Å². The quantitative estimate of drug-likeness (QED) is 0.486. The molecule has 1 amide bonds. The van der Waals surface area contributed by atoms with Gasteiger partial charge in [0.2, 0.25) is 0 Å². The van der Waals surface area contributed by atoms with Crippen LogP contribution < -0.4 is 0 Å². The Balaban J connectivity index is 1.85. The first-order chi connectivity index (χ1) is 14.8. The van der Waals surface area contributed by atoms with Crippen molar-refractivity contribution >= 4 is 23.2 Å². The Labute approximate surface area is 183 Å². The van der Waals surface area contributed by atoms with Crippen LogP contribution in [0.2, 0.25) is 0 Å². The van der Waals surface area contributed by atoms with Crippen molar-refractivity contribution in [2.45, 2.75) is 26.8 Å². The molecule has 2 aromatic carbocycles. The normalized spacial score (nSPS) is 10.7. The smallest absolute Gasteiger partial charge is 0.307 e. The summed E-state index contributed by atoms with van der Waals surface area (Å²) in [7, 11) is 1.27. The topological polar surface area (TPSA) is 59.5 Å². The number of aryl methyl sites for hydroxylation is 2. The second-order valence-electron chi connectivity index (χ2n) is 7.15. The first-order valence-electron chi connectivity index (χ1n) is 9.62. The van der Waals surface area contributed by atoms with Crippen molar-refractivity contribution < 1.29 is 23.1 Å². The molecule has 0 N–H and O–H groups in total. The number of thiazole rings is 1. The lowest BCUT2D eigenvalue weighted by Crippen LogP contribution is -2.32. The molecule has 0 aliphatic carbocycles. The molecule has 0 aliphatic heterocycles. The lowest BCUT2D eigenvalue weighted by Gasteiger charge is -2.21.